The van der Waals surface area contributed by atoms with Crippen LogP contribution in [-0.4, -0.2) is 49.9 Å². The van der Waals surface area contributed by atoms with Crippen molar-refractivity contribution in [3.8, 4) is 0 Å². The molecule has 1 aliphatic heterocycles. The van der Waals surface area contributed by atoms with Crippen LogP contribution >= 0.6 is 55.1 Å². The topological polar surface area (TPSA) is 75.8 Å². The molecule has 1 aliphatic rings. The second-order valence-electron chi connectivity index (χ2n) is 6.58. The molecule has 1 fully saturated rings. The summed E-state index contributed by atoms with van der Waals surface area (Å²) >= 11 is 19.2. The standard InChI is InChI=1S/C20H17Br2Cl2N3O2Se/c21-16-6-5-15(30-16)20(26-13-4-3-11(23)9-12(13)24)18(22)19(25)14(28)10-17(29)27-7-1-2-8-27/h3-6,9H,1-2,7-8,10,25H2/b19-18+,26-20?. The zero-order valence-corrected chi connectivity index (χ0v) is 22.0. The second-order valence-corrected chi connectivity index (χ2v) is 12.5. The van der Waals surface area contributed by atoms with Crippen molar-refractivity contribution in [2.75, 3.05) is 13.1 Å². The zero-order chi connectivity index (χ0) is 21.8. The summed E-state index contributed by atoms with van der Waals surface area (Å²) in [5.41, 5.74) is 7.12. The number of nitrogens with two attached hydrogens (primary N) is 1. The van der Waals surface area contributed by atoms with E-state index in [0.717, 1.165) is 20.6 Å². The average Bonchev–Trinajstić information content (AvgIpc) is 3.38. The molecule has 0 aliphatic carbocycles. The molecule has 30 heavy (non-hydrogen) atoms. The Morgan fingerprint density at radius 3 is 2.47 bits per heavy atom. The van der Waals surface area contributed by atoms with E-state index in [9.17, 15) is 9.59 Å². The fourth-order valence-electron chi connectivity index (χ4n) is 2.91. The van der Waals surface area contributed by atoms with Gasteiger partial charge in [0.2, 0.25) is 0 Å². The van der Waals surface area contributed by atoms with Gasteiger partial charge in [0, 0.05) is 0 Å². The molecule has 3 rings (SSSR count). The molecule has 0 saturated carbocycles. The van der Waals surface area contributed by atoms with E-state index in [1.165, 1.54) is 0 Å². The number of aliphatic imine (C=N–C) groups is 1. The molecule has 1 aromatic carbocycles. The molecule has 2 heterocycles. The first-order chi connectivity index (χ1) is 14.3. The minimum atomic E-state index is -0.438. The van der Waals surface area contributed by atoms with E-state index in [1.54, 1.807) is 23.1 Å². The van der Waals surface area contributed by atoms with E-state index < -0.39 is 5.78 Å². The van der Waals surface area contributed by atoms with Gasteiger partial charge in [-0.2, -0.15) is 0 Å². The van der Waals surface area contributed by atoms with E-state index in [0.29, 0.717) is 39.0 Å². The molecule has 0 radical (unpaired) electrons. The number of Topliss-reactive ketones (excluding diaryl/α,β-unsaturated/α-hetero) is 1. The van der Waals surface area contributed by atoms with Crippen LogP contribution < -0.4 is 5.73 Å². The Morgan fingerprint density at radius 1 is 1.17 bits per heavy atom. The maximum atomic E-state index is 12.7. The van der Waals surface area contributed by atoms with E-state index in [-0.39, 0.29) is 32.5 Å². The summed E-state index contributed by atoms with van der Waals surface area (Å²) < 4.78 is 2.29. The Morgan fingerprint density at radius 2 is 1.87 bits per heavy atom. The fraction of sp³-hybridized carbons (Fsp3) is 0.250. The number of carbonyl (C=O) groups is 2. The first kappa shape index (κ1) is 23.8. The SMILES string of the molecule is N/C(C(=O)CC(=O)N1CCCC1)=C(/Br)C(=Nc1ccc(Cl)cc1Cl)c1ccc(Br)[se]1. The van der Waals surface area contributed by atoms with Crippen LogP contribution in [0.4, 0.5) is 5.69 Å². The Labute approximate surface area is 207 Å². The fourth-order valence-corrected chi connectivity index (χ4v) is 6.74. The number of allylic oxidation sites excluding steroid dienone is 2. The number of hydrogen-bond acceptors (Lipinski definition) is 4. The van der Waals surface area contributed by atoms with Gasteiger partial charge in [0.1, 0.15) is 0 Å². The normalized spacial score (nSPS) is 15.3. The molecule has 1 saturated heterocycles. The van der Waals surface area contributed by atoms with Crippen molar-refractivity contribution < 1.29 is 9.59 Å². The molecule has 158 valence electrons. The van der Waals surface area contributed by atoms with Crippen LogP contribution in [0.25, 0.3) is 0 Å². The van der Waals surface area contributed by atoms with Gasteiger partial charge in [-0.15, -0.1) is 0 Å². The first-order valence-electron chi connectivity index (χ1n) is 9.02. The molecule has 10 heteroatoms. The number of carbonyl (C=O) groups excluding carboxylic acids is 2. The Bertz CT molecular complexity index is 1050. The predicted molar refractivity (Wildman–Crippen MR) is 129 cm³/mol. The summed E-state index contributed by atoms with van der Waals surface area (Å²) in [7, 11) is 0. The van der Waals surface area contributed by atoms with Crippen LogP contribution in [0.2, 0.25) is 10.0 Å². The number of hydrogen-bond donors (Lipinski definition) is 1. The van der Waals surface area contributed by atoms with Crippen LogP contribution in [-0.2, 0) is 9.59 Å². The minimum absolute atomic E-state index is 0.0360. The molecule has 1 aromatic heterocycles. The van der Waals surface area contributed by atoms with E-state index in [4.69, 9.17) is 28.9 Å². The van der Waals surface area contributed by atoms with Crippen LogP contribution in [0.1, 0.15) is 23.7 Å². The van der Waals surface area contributed by atoms with Crippen molar-refractivity contribution in [2.24, 2.45) is 10.7 Å². The third-order valence-electron chi connectivity index (χ3n) is 4.46. The molecular formula is C20H17Br2Cl2N3O2Se. The summed E-state index contributed by atoms with van der Waals surface area (Å²) in [5.74, 6) is -0.638. The monoisotopic (exact) mass is 639 g/mol. The van der Waals surface area contributed by atoms with Gasteiger partial charge in [-0.25, -0.2) is 0 Å². The second kappa shape index (κ2) is 10.6. The van der Waals surface area contributed by atoms with Crippen molar-refractivity contribution >= 4 is 92.7 Å². The van der Waals surface area contributed by atoms with Crippen LogP contribution in [0.3, 0.4) is 0 Å². The molecule has 0 bridgehead atoms. The van der Waals surface area contributed by atoms with Crippen molar-refractivity contribution in [3.63, 3.8) is 0 Å². The third-order valence-corrected chi connectivity index (χ3v) is 8.76. The number of nitrogens with zero attached hydrogens (tertiary/aromatic N) is 2. The van der Waals surface area contributed by atoms with Gasteiger partial charge in [-0.3, -0.25) is 0 Å². The van der Waals surface area contributed by atoms with Gasteiger partial charge in [0.05, 0.1) is 0 Å². The van der Waals surface area contributed by atoms with Gasteiger partial charge in [-0.1, -0.05) is 0 Å². The quantitative estimate of drug-likeness (QED) is 0.207. The number of amides is 1. The van der Waals surface area contributed by atoms with Crippen molar-refractivity contribution in [2.45, 2.75) is 19.3 Å². The van der Waals surface area contributed by atoms with Gasteiger partial charge >= 0.3 is 209 Å². The van der Waals surface area contributed by atoms with E-state index >= 15 is 0 Å². The molecule has 0 unspecified atom stereocenters. The number of rotatable bonds is 6. The maximum absolute atomic E-state index is 12.7. The molecule has 0 atom stereocenters. The Kier molecular flexibility index (Phi) is 8.41. The number of ketones is 1. The van der Waals surface area contributed by atoms with Crippen molar-refractivity contribution in [1.82, 2.24) is 4.90 Å². The molecule has 1 amide bonds. The van der Waals surface area contributed by atoms with Crippen LogP contribution in [0, 0.1) is 0 Å². The third kappa shape index (κ3) is 5.87. The average molecular weight is 641 g/mol. The van der Waals surface area contributed by atoms with Crippen molar-refractivity contribution in [1.29, 1.82) is 0 Å². The van der Waals surface area contributed by atoms with Crippen molar-refractivity contribution in [3.05, 3.63) is 58.3 Å². The summed E-state index contributed by atoms with van der Waals surface area (Å²) in [5, 5.41) is 0.881. The Hall–Kier alpha value is -0.891. The Balaban J connectivity index is 1.96. The summed E-state index contributed by atoms with van der Waals surface area (Å²) in [6, 6.07) is 8.84. The number of benzene rings is 1. The van der Waals surface area contributed by atoms with Crippen LogP contribution in [0.5, 0.6) is 0 Å². The molecule has 2 N–H and O–H groups in total. The van der Waals surface area contributed by atoms with Gasteiger partial charge in [0.25, 0.3) is 0 Å². The van der Waals surface area contributed by atoms with Gasteiger partial charge in [0.15, 0.2) is 0 Å². The molecule has 2 aromatic rings. The summed E-state index contributed by atoms with van der Waals surface area (Å²) in [6.45, 7) is 1.38. The molecule has 0 spiro atoms. The van der Waals surface area contributed by atoms with Crippen LogP contribution in [0.15, 0.2) is 48.9 Å². The van der Waals surface area contributed by atoms with E-state index in [2.05, 4.69) is 36.9 Å². The zero-order valence-electron chi connectivity index (χ0n) is 15.6. The summed E-state index contributed by atoms with van der Waals surface area (Å²) in [6.07, 6.45) is 1.67. The molecular weight excluding hydrogens is 624 g/mol. The molecule has 5 nitrogen and oxygen atoms in total. The predicted octanol–water partition coefficient (Wildman–Crippen LogP) is 5.08. The number of halogens is 4. The van der Waals surface area contributed by atoms with Gasteiger partial charge in [-0.05, 0) is 0 Å². The first-order valence-corrected chi connectivity index (χ1v) is 13.1. The summed E-state index contributed by atoms with van der Waals surface area (Å²) in [4.78, 5) is 31.4. The number of likely N-dealkylation sites (tertiary alicyclic amines) is 1. The van der Waals surface area contributed by atoms with E-state index in [1.807, 2.05) is 12.1 Å². The van der Waals surface area contributed by atoms with Gasteiger partial charge < -0.3 is 0 Å².